The smallest absolute Gasteiger partial charge is 0.285 e. The summed E-state index contributed by atoms with van der Waals surface area (Å²) in [5.74, 6) is -0.136. The van der Waals surface area contributed by atoms with Crippen molar-refractivity contribution in [2.45, 2.75) is 25.8 Å². The Bertz CT molecular complexity index is 370. The summed E-state index contributed by atoms with van der Waals surface area (Å²) in [6.07, 6.45) is 6.89. The van der Waals surface area contributed by atoms with Gasteiger partial charge in [-0.25, -0.2) is 9.99 Å². The van der Waals surface area contributed by atoms with Crippen LogP contribution < -0.4 is 11.2 Å². The highest BCUT2D eigenvalue weighted by Gasteiger charge is 2.15. The Hall–Kier alpha value is -1.40. The third kappa shape index (κ3) is 3.28. The summed E-state index contributed by atoms with van der Waals surface area (Å²) in [5, 5.41) is 1.97. The second-order valence-electron chi connectivity index (χ2n) is 4.27. The summed E-state index contributed by atoms with van der Waals surface area (Å²) >= 11 is 0. The lowest BCUT2D eigenvalue weighted by Gasteiger charge is -2.26. The lowest BCUT2D eigenvalue weighted by atomic mass is 10.2. The van der Waals surface area contributed by atoms with Gasteiger partial charge >= 0.3 is 0 Å². The Morgan fingerprint density at radius 3 is 2.88 bits per heavy atom. The van der Waals surface area contributed by atoms with E-state index in [0.29, 0.717) is 18.8 Å². The number of imidazole rings is 1. The first-order chi connectivity index (χ1) is 8.29. The van der Waals surface area contributed by atoms with Crippen molar-refractivity contribution in [3.63, 3.8) is 0 Å². The predicted molar refractivity (Wildman–Crippen MR) is 64.2 cm³/mol. The minimum absolute atomic E-state index is 0.136. The van der Waals surface area contributed by atoms with Crippen LogP contribution >= 0.6 is 0 Å². The molecule has 1 saturated heterocycles. The van der Waals surface area contributed by atoms with Crippen LogP contribution in [0.2, 0.25) is 0 Å². The Morgan fingerprint density at radius 1 is 1.41 bits per heavy atom. The third-order valence-electron chi connectivity index (χ3n) is 2.87. The van der Waals surface area contributed by atoms with Crippen molar-refractivity contribution in [1.29, 1.82) is 0 Å². The Kier molecular flexibility index (Phi) is 4.11. The SMILES string of the molecule is NCCn1cnc(C(=O)NN2CCCCC2)c1. The van der Waals surface area contributed by atoms with E-state index in [9.17, 15) is 4.79 Å². The maximum Gasteiger partial charge on any atom is 0.285 e. The second kappa shape index (κ2) is 5.79. The van der Waals surface area contributed by atoms with E-state index in [1.165, 1.54) is 6.42 Å². The minimum atomic E-state index is -0.136. The van der Waals surface area contributed by atoms with Crippen molar-refractivity contribution in [1.82, 2.24) is 20.0 Å². The zero-order valence-corrected chi connectivity index (χ0v) is 9.93. The molecule has 0 aromatic carbocycles. The van der Waals surface area contributed by atoms with Crippen LogP contribution in [-0.4, -0.2) is 40.1 Å². The maximum atomic E-state index is 11.9. The van der Waals surface area contributed by atoms with E-state index in [0.717, 1.165) is 25.9 Å². The molecule has 0 saturated carbocycles. The van der Waals surface area contributed by atoms with E-state index in [4.69, 9.17) is 5.73 Å². The van der Waals surface area contributed by atoms with E-state index < -0.39 is 0 Å². The molecule has 0 atom stereocenters. The Labute approximate surface area is 101 Å². The van der Waals surface area contributed by atoms with Crippen LogP contribution in [0.4, 0.5) is 0 Å². The van der Waals surface area contributed by atoms with Gasteiger partial charge in [-0.15, -0.1) is 0 Å². The van der Waals surface area contributed by atoms with Crippen LogP contribution in [0.1, 0.15) is 29.8 Å². The van der Waals surface area contributed by atoms with Gasteiger partial charge < -0.3 is 10.3 Å². The summed E-state index contributed by atoms with van der Waals surface area (Å²) in [6.45, 7) is 3.08. The second-order valence-corrected chi connectivity index (χ2v) is 4.27. The molecule has 17 heavy (non-hydrogen) atoms. The number of piperidine rings is 1. The summed E-state index contributed by atoms with van der Waals surface area (Å²) < 4.78 is 1.82. The number of rotatable bonds is 4. The van der Waals surface area contributed by atoms with Crippen molar-refractivity contribution in [3.8, 4) is 0 Å². The monoisotopic (exact) mass is 237 g/mol. The van der Waals surface area contributed by atoms with Gasteiger partial charge in [-0.05, 0) is 12.8 Å². The molecule has 94 valence electrons. The zero-order chi connectivity index (χ0) is 12.1. The number of carbonyl (C=O) groups excluding carboxylic acids is 1. The molecule has 6 heteroatoms. The van der Waals surface area contributed by atoms with Crippen molar-refractivity contribution in [2.24, 2.45) is 5.73 Å². The van der Waals surface area contributed by atoms with E-state index in [1.54, 1.807) is 12.5 Å². The summed E-state index contributed by atoms with van der Waals surface area (Å²) in [6, 6.07) is 0. The molecule has 3 N–H and O–H groups in total. The summed E-state index contributed by atoms with van der Waals surface area (Å²) in [5.41, 5.74) is 8.76. The van der Waals surface area contributed by atoms with Crippen molar-refractivity contribution >= 4 is 5.91 Å². The van der Waals surface area contributed by atoms with E-state index >= 15 is 0 Å². The van der Waals surface area contributed by atoms with E-state index in [2.05, 4.69) is 10.4 Å². The number of amides is 1. The van der Waals surface area contributed by atoms with Gasteiger partial charge in [0.25, 0.3) is 5.91 Å². The molecular formula is C11H19N5O. The highest BCUT2D eigenvalue weighted by atomic mass is 16.2. The molecule has 1 aromatic rings. The van der Waals surface area contributed by atoms with Gasteiger partial charge in [-0.1, -0.05) is 6.42 Å². The molecule has 6 nitrogen and oxygen atoms in total. The van der Waals surface area contributed by atoms with Crippen molar-refractivity contribution in [2.75, 3.05) is 19.6 Å². The van der Waals surface area contributed by atoms with Gasteiger partial charge in [0.05, 0.1) is 6.33 Å². The Balaban J connectivity index is 1.89. The zero-order valence-electron chi connectivity index (χ0n) is 9.93. The van der Waals surface area contributed by atoms with E-state index in [1.807, 2.05) is 9.58 Å². The standard InChI is InChI=1S/C11H19N5O/c12-4-7-15-8-10(13-9-15)11(17)14-16-5-2-1-3-6-16/h8-9H,1-7,12H2,(H,14,17). The quantitative estimate of drug-likeness (QED) is 0.771. The van der Waals surface area contributed by atoms with Crippen LogP contribution in [0.3, 0.4) is 0 Å². The molecule has 0 unspecified atom stereocenters. The number of carbonyl (C=O) groups is 1. The molecule has 0 radical (unpaired) electrons. The Morgan fingerprint density at radius 2 is 2.18 bits per heavy atom. The highest BCUT2D eigenvalue weighted by molar-refractivity contribution is 5.91. The number of nitrogens with two attached hydrogens (primary N) is 1. The van der Waals surface area contributed by atoms with Crippen LogP contribution in [0.15, 0.2) is 12.5 Å². The fourth-order valence-electron chi connectivity index (χ4n) is 1.96. The van der Waals surface area contributed by atoms with Gasteiger partial charge in [0.2, 0.25) is 0 Å². The number of hydrogen-bond donors (Lipinski definition) is 2. The summed E-state index contributed by atoms with van der Waals surface area (Å²) in [4.78, 5) is 15.9. The molecule has 2 rings (SSSR count). The lowest BCUT2D eigenvalue weighted by Crippen LogP contribution is -2.45. The fourth-order valence-corrected chi connectivity index (χ4v) is 1.96. The van der Waals surface area contributed by atoms with Gasteiger partial charge in [0.1, 0.15) is 5.69 Å². The predicted octanol–water partition coefficient (Wildman–Crippen LogP) is -0.0275. The first-order valence-corrected chi connectivity index (χ1v) is 6.07. The van der Waals surface area contributed by atoms with Crippen molar-refractivity contribution in [3.05, 3.63) is 18.2 Å². The van der Waals surface area contributed by atoms with Crippen molar-refractivity contribution < 1.29 is 4.79 Å². The normalized spacial score (nSPS) is 17.0. The average Bonchev–Trinajstić information content (AvgIpc) is 2.79. The lowest BCUT2D eigenvalue weighted by molar-refractivity contribution is 0.0745. The molecule has 1 aliphatic rings. The topological polar surface area (TPSA) is 76.2 Å². The molecule has 1 amide bonds. The molecule has 0 spiro atoms. The van der Waals surface area contributed by atoms with Crippen LogP contribution in [0, 0.1) is 0 Å². The molecule has 1 aromatic heterocycles. The largest absolute Gasteiger partial charge is 0.335 e. The number of aromatic nitrogens is 2. The number of nitrogens with one attached hydrogen (secondary N) is 1. The number of hydrogen-bond acceptors (Lipinski definition) is 4. The van der Waals surface area contributed by atoms with Gasteiger partial charge in [-0.2, -0.15) is 0 Å². The molecular weight excluding hydrogens is 218 g/mol. The first kappa shape index (κ1) is 12.1. The molecule has 1 aliphatic heterocycles. The fraction of sp³-hybridized carbons (Fsp3) is 0.636. The third-order valence-corrected chi connectivity index (χ3v) is 2.87. The van der Waals surface area contributed by atoms with Crippen LogP contribution in [0.5, 0.6) is 0 Å². The highest BCUT2D eigenvalue weighted by Crippen LogP contribution is 2.06. The molecule has 0 bridgehead atoms. The van der Waals surface area contributed by atoms with Gasteiger partial charge in [0.15, 0.2) is 0 Å². The minimum Gasteiger partial charge on any atom is -0.335 e. The maximum absolute atomic E-state index is 11.9. The van der Waals surface area contributed by atoms with Gasteiger partial charge in [0, 0.05) is 32.4 Å². The van der Waals surface area contributed by atoms with Crippen LogP contribution in [-0.2, 0) is 6.54 Å². The first-order valence-electron chi connectivity index (χ1n) is 6.07. The number of hydrazine groups is 1. The average molecular weight is 237 g/mol. The summed E-state index contributed by atoms with van der Waals surface area (Å²) in [7, 11) is 0. The molecule has 1 fully saturated rings. The van der Waals surface area contributed by atoms with E-state index in [-0.39, 0.29) is 5.91 Å². The molecule has 2 heterocycles. The van der Waals surface area contributed by atoms with Crippen LogP contribution in [0.25, 0.3) is 0 Å². The van der Waals surface area contributed by atoms with Gasteiger partial charge in [-0.3, -0.25) is 10.2 Å². The number of nitrogens with zero attached hydrogens (tertiary/aromatic N) is 3. The molecule has 0 aliphatic carbocycles.